The van der Waals surface area contributed by atoms with E-state index in [1.165, 1.54) is 33.0 Å². The van der Waals surface area contributed by atoms with Crippen molar-refractivity contribution in [3.63, 3.8) is 0 Å². The summed E-state index contributed by atoms with van der Waals surface area (Å²) in [6.07, 6.45) is 0. The fourth-order valence-electron chi connectivity index (χ4n) is 10.2. The molecule has 10 aromatic carbocycles. The van der Waals surface area contributed by atoms with E-state index in [1.54, 1.807) is 0 Å². The zero-order valence-electron chi connectivity index (χ0n) is 37.0. The summed E-state index contributed by atoms with van der Waals surface area (Å²) in [6.45, 7) is 0. The summed E-state index contributed by atoms with van der Waals surface area (Å²) in [5.74, 6) is 1.58. The molecule has 322 valence electrons. The Morgan fingerprint density at radius 1 is 0.275 bits per heavy atom. The smallest absolute Gasteiger partial charge is 0.167 e. The summed E-state index contributed by atoms with van der Waals surface area (Å²) in [5, 5.41) is 6.51. The molecule has 14 aromatic rings. The average molecular weight is 883 g/mol. The van der Waals surface area contributed by atoms with Crippen molar-refractivity contribution < 1.29 is 8.83 Å². The highest BCUT2D eigenvalue weighted by Gasteiger charge is 2.22. The standard InChI is InChI=1S/C63H38N4O2/c1-4-15-39(16-5-1)42-28-32-55-52(35-42)53-36-43(40-17-6-2-7-18-40)29-33-56(53)67(55)54-34-30-44(37-51(54)41-19-8-3-9-20-41)61-64-62(45-27-31-48-46-21-10-12-25-57(46)68-59(48)38-45)66-63(65-61)50-24-14-23-49-47-22-11-13-26-58(47)69-60(49)50/h1-38H. The van der Waals surface area contributed by atoms with E-state index in [2.05, 4.69) is 180 Å². The third-order valence-corrected chi connectivity index (χ3v) is 13.5. The molecule has 69 heavy (non-hydrogen) atoms. The van der Waals surface area contributed by atoms with Gasteiger partial charge in [-0.15, -0.1) is 0 Å². The fraction of sp³-hybridized carbons (Fsp3) is 0. The van der Waals surface area contributed by atoms with Crippen LogP contribution in [0, 0.1) is 0 Å². The Labute approximate surface area is 396 Å². The van der Waals surface area contributed by atoms with E-state index in [4.69, 9.17) is 23.8 Å². The highest BCUT2D eigenvalue weighted by molar-refractivity contribution is 6.13. The van der Waals surface area contributed by atoms with Crippen molar-refractivity contribution in [2.75, 3.05) is 0 Å². The van der Waals surface area contributed by atoms with Gasteiger partial charge in [0, 0.05) is 49.0 Å². The second-order valence-corrected chi connectivity index (χ2v) is 17.5. The minimum absolute atomic E-state index is 0.514. The van der Waals surface area contributed by atoms with Gasteiger partial charge < -0.3 is 13.4 Å². The zero-order chi connectivity index (χ0) is 45.4. The zero-order valence-corrected chi connectivity index (χ0v) is 37.0. The Bertz CT molecular complexity index is 4210. The van der Waals surface area contributed by atoms with E-state index in [-0.39, 0.29) is 0 Å². The molecular weight excluding hydrogens is 845 g/mol. The first kappa shape index (κ1) is 38.8. The van der Waals surface area contributed by atoms with Gasteiger partial charge in [0.1, 0.15) is 22.3 Å². The number of nitrogens with zero attached hydrogens (tertiary/aromatic N) is 4. The van der Waals surface area contributed by atoms with Gasteiger partial charge in [-0.2, -0.15) is 0 Å². The first-order chi connectivity index (χ1) is 34.2. The second kappa shape index (κ2) is 15.6. The van der Waals surface area contributed by atoms with E-state index in [0.29, 0.717) is 17.5 Å². The summed E-state index contributed by atoms with van der Waals surface area (Å²) >= 11 is 0. The van der Waals surface area contributed by atoms with Crippen LogP contribution in [-0.2, 0) is 0 Å². The summed E-state index contributed by atoms with van der Waals surface area (Å²) in [5.41, 5.74) is 15.7. The van der Waals surface area contributed by atoms with E-state index in [1.807, 2.05) is 54.6 Å². The monoisotopic (exact) mass is 882 g/mol. The molecule has 0 unspecified atom stereocenters. The summed E-state index contributed by atoms with van der Waals surface area (Å²) in [7, 11) is 0. The summed E-state index contributed by atoms with van der Waals surface area (Å²) in [4.78, 5) is 15.8. The number of para-hydroxylation sites is 3. The molecule has 0 aliphatic carbocycles. The van der Waals surface area contributed by atoms with Gasteiger partial charge in [0.05, 0.1) is 22.3 Å². The maximum Gasteiger partial charge on any atom is 0.167 e. The Kier molecular flexibility index (Phi) is 8.79. The summed E-state index contributed by atoms with van der Waals surface area (Å²) < 4.78 is 15.4. The lowest BCUT2D eigenvalue weighted by Gasteiger charge is -2.16. The van der Waals surface area contributed by atoms with Crippen molar-refractivity contribution in [3.8, 4) is 73.2 Å². The Morgan fingerprint density at radius 3 is 1.42 bits per heavy atom. The van der Waals surface area contributed by atoms with Crippen LogP contribution in [0.25, 0.3) is 139 Å². The predicted molar refractivity (Wildman–Crippen MR) is 281 cm³/mol. The lowest BCUT2D eigenvalue weighted by molar-refractivity contribution is 0.668. The van der Waals surface area contributed by atoms with Crippen LogP contribution in [0.4, 0.5) is 0 Å². The second-order valence-electron chi connectivity index (χ2n) is 17.5. The third kappa shape index (κ3) is 6.45. The number of benzene rings is 10. The minimum Gasteiger partial charge on any atom is -0.456 e. The Balaban J connectivity index is 0.997. The van der Waals surface area contributed by atoms with Crippen LogP contribution < -0.4 is 0 Å². The molecule has 6 nitrogen and oxygen atoms in total. The van der Waals surface area contributed by atoms with Crippen molar-refractivity contribution in [1.29, 1.82) is 0 Å². The van der Waals surface area contributed by atoms with Crippen molar-refractivity contribution in [1.82, 2.24) is 19.5 Å². The maximum atomic E-state index is 6.57. The third-order valence-electron chi connectivity index (χ3n) is 13.5. The van der Waals surface area contributed by atoms with Crippen molar-refractivity contribution >= 4 is 65.7 Å². The molecule has 0 atom stereocenters. The molecular formula is C63H38N4O2. The molecule has 4 aromatic heterocycles. The van der Waals surface area contributed by atoms with Gasteiger partial charge in [-0.3, -0.25) is 0 Å². The molecule has 0 aliphatic heterocycles. The number of fused-ring (bicyclic) bond motifs is 9. The molecule has 14 rings (SSSR count). The maximum absolute atomic E-state index is 6.57. The lowest BCUT2D eigenvalue weighted by atomic mass is 9.99. The SMILES string of the molecule is c1ccc(-c2ccc3c(c2)c2cc(-c4ccccc4)ccc2n3-c2ccc(-c3nc(-c4ccc5c(c4)oc4ccccc45)nc(-c4cccc5c4oc4ccccc45)n3)cc2-c2ccccc2)cc1. The normalized spacial score (nSPS) is 11.8. The molecule has 0 saturated heterocycles. The Hall–Kier alpha value is -9.39. The first-order valence-corrected chi connectivity index (χ1v) is 23.2. The highest BCUT2D eigenvalue weighted by atomic mass is 16.3. The topological polar surface area (TPSA) is 69.9 Å². The molecule has 6 heteroatoms. The molecule has 0 bridgehead atoms. The minimum atomic E-state index is 0.514. The van der Waals surface area contributed by atoms with E-state index < -0.39 is 0 Å². The molecule has 0 spiro atoms. The quantitative estimate of drug-likeness (QED) is 0.159. The van der Waals surface area contributed by atoms with Crippen molar-refractivity contribution in [3.05, 3.63) is 231 Å². The number of hydrogen-bond donors (Lipinski definition) is 0. The number of rotatable bonds is 7. The van der Waals surface area contributed by atoms with Crippen LogP contribution in [0.3, 0.4) is 0 Å². The van der Waals surface area contributed by atoms with E-state index in [9.17, 15) is 0 Å². The van der Waals surface area contributed by atoms with Crippen LogP contribution in [0.15, 0.2) is 239 Å². The van der Waals surface area contributed by atoms with Crippen molar-refractivity contribution in [2.24, 2.45) is 0 Å². The van der Waals surface area contributed by atoms with Crippen LogP contribution in [0.5, 0.6) is 0 Å². The van der Waals surface area contributed by atoms with Crippen LogP contribution >= 0.6 is 0 Å². The molecule has 0 aliphatic rings. The molecule has 0 N–H and O–H groups in total. The summed E-state index contributed by atoms with van der Waals surface area (Å²) in [6, 6.07) is 80.7. The van der Waals surface area contributed by atoms with E-state index in [0.717, 1.165) is 88.4 Å². The van der Waals surface area contributed by atoms with Gasteiger partial charge in [0.25, 0.3) is 0 Å². The Morgan fingerprint density at radius 2 is 0.768 bits per heavy atom. The van der Waals surface area contributed by atoms with Gasteiger partial charge in [-0.25, -0.2) is 15.0 Å². The number of aromatic nitrogens is 4. The highest BCUT2D eigenvalue weighted by Crippen LogP contribution is 2.42. The molecule has 0 saturated carbocycles. The molecule has 4 heterocycles. The molecule has 0 fully saturated rings. The molecule has 0 amide bonds. The fourth-order valence-corrected chi connectivity index (χ4v) is 10.2. The average Bonchev–Trinajstić information content (AvgIpc) is 4.10. The first-order valence-electron chi connectivity index (χ1n) is 23.2. The van der Waals surface area contributed by atoms with Gasteiger partial charge in [-0.05, 0) is 101 Å². The van der Waals surface area contributed by atoms with Crippen LogP contribution in [-0.4, -0.2) is 19.5 Å². The predicted octanol–water partition coefficient (Wildman–Crippen LogP) is 16.8. The largest absolute Gasteiger partial charge is 0.456 e. The van der Waals surface area contributed by atoms with Crippen LogP contribution in [0.2, 0.25) is 0 Å². The van der Waals surface area contributed by atoms with E-state index >= 15 is 0 Å². The van der Waals surface area contributed by atoms with Crippen LogP contribution in [0.1, 0.15) is 0 Å². The van der Waals surface area contributed by atoms with Gasteiger partial charge in [-0.1, -0.05) is 158 Å². The number of hydrogen-bond acceptors (Lipinski definition) is 5. The lowest BCUT2D eigenvalue weighted by Crippen LogP contribution is -2.02. The van der Waals surface area contributed by atoms with Crippen molar-refractivity contribution in [2.45, 2.75) is 0 Å². The molecule has 0 radical (unpaired) electrons. The van der Waals surface area contributed by atoms with Gasteiger partial charge in [0.2, 0.25) is 0 Å². The van der Waals surface area contributed by atoms with Gasteiger partial charge >= 0.3 is 0 Å². The van der Waals surface area contributed by atoms with Gasteiger partial charge in [0.15, 0.2) is 17.5 Å². The number of furan rings is 2.